The van der Waals surface area contributed by atoms with Crippen LogP contribution < -0.4 is 0 Å². The number of nitrogens with zero attached hydrogens (tertiary/aromatic N) is 4. The van der Waals surface area contributed by atoms with Gasteiger partial charge < -0.3 is 4.57 Å². The lowest BCUT2D eigenvalue weighted by Gasteiger charge is -2.03. The Morgan fingerprint density at radius 2 is 1.70 bits per heavy atom. The van der Waals surface area contributed by atoms with Gasteiger partial charge in [-0.15, -0.1) is 0 Å². The minimum Gasteiger partial charge on any atom is -0.327 e. The lowest BCUT2D eigenvalue weighted by molar-refractivity contribution is 0.516. The first-order valence-corrected chi connectivity index (χ1v) is 8.26. The Morgan fingerprint density at radius 3 is 2.48 bits per heavy atom. The van der Waals surface area contributed by atoms with Crippen molar-refractivity contribution in [3.8, 4) is 23.1 Å². The zero-order valence-electron chi connectivity index (χ0n) is 14.7. The average molecular weight is 360 g/mol. The third-order valence-corrected chi connectivity index (χ3v) is 4.10. The number of imidazole rings is 1. The summed E-state index contributed by atoms with van der Waals surface area (Å²) in [5.74, 6) is 4.71. The molecule has 0 amide bonds. The molecule has 2 aromatic carbocycles. The first-order valence-electron chi connectivity index (χ1n) is 8.26. The molecule has 0 radical (unpaired) electrons. The topological polar surface area (TPSA) is 43.6 Å². The van der Waals surface area contributed by atoms with E-state index in [9.17, 15) is 8.78 Å². The van der Waals surface area contributed by atoms with E-state index >= 15 is 0 Å². The SMILES string of the molecule is Cc1nc(C#Cc2nc(-c3ccccc3)cn2C)c2c(F)c(F)ccc2n1. The zero-order valence-corrected chi connectivity index (χ0v) is 14.7. The molecule has 0 N–H and O–H groups in total. The van der Waals surface area contributed by atoms with Crippen molar-refractivity contribution in [2.45, 2.75) is 6.92 Å². The number of benzene rings is 2. The van der Waals surface area contributed by atoms with Crippen LogP contribution >= 0.6 is 0 Å². The molecule has 0 saturated carbocycles. The Labute approximate surface area is 154 Å². The van der Waals surface area contributed by atoms with Gasteiger partial charge in [0.25, 0.3) is 0 Å². The summed E-state index contributed by atoms with van der Waals surface area (Å²) in [6.45, 7) is 1.68. The molecule has 0 atom stereocenters. The van der Waals surface area contributed by atoms with E-state index in [2.05, 4.69) is 26.8 Å². The maximum absolute atomic E-state index is 14.3. The number of hydrogen-bond acceptors (Lipinski definition) is 3. The highest BCUT2D eigenvalue weighted by Gasteiger charge is 2.13. The summed E-state index contributed by atoms with van der Waals surface area (Å²) in [5.41, 5.74) is 2.20. The molecule has 0 spiro atoms. The number of fused-ring (bicyclic) bond motifs is 1. The summed E-state index contributed by atoms with van der Waals surface area (Å²) < 4.78 is 29.7. The molecule has 2 aromatic heterocycles. The van der Waals surface area contributed by atoms with E-state index in [1.807, 2.05) is 43.6 Å². The number of halogens is 2. The minimum atomic E-state index is -0.999. The largest absolute Gasteiger partial charge is 0.327 e. The molecule has 132 valence electrons. The highest BCUT2D eigenvalue weighted by atomic mass is 19.2. The lowest BCUT2D eigenvalue weighted by atomic mass is 10.1. The van der Waals surface area contributed by atoms with Gasteiger partial charge in [0.1, 0.15) is 11.5 Å². The zero-order chi connectivity index (χ0) is 19.0. The second-order valence-corrected chi connectivity index (χ2v) is 6.05. The highest BCUT2D eigenvalue weighted by molar-refractivity contribution is 5.84. The number of hydrogen-bond donors (Lipinski definition) is 0. The van der Waals surface area contributed by atoms with Gasteiger partial charge in [-0.25, -0.2) is 23.7 Å². The van der Waals surface area contributed by atoms with Crippen molar-refractivity contribution in [2.75, 3.05) is 0 Å². The Balaban J connectivity index is 1.82. The van der Waals surface area contributed by atoms with E-state index in [1.165, 1.54) is 6.07 Å². The smallest absolute Gasteiger partial charge is 0.186 e. The molecule has 0 aliphatic heterocycles. The van der Waals surface area contributed by atoms with Gasteiger partial charge in [0.05, 0.1) is 16.6 Å². The minimum absolute atomic E-state index is 0.0226. The summed E-state index contributed by atoms with van der Waals surface area (Å²) in [4.78, 5) is 12.8. The fourth-order valence-corrected chi connectivity index (χ4v) is 2.81. The standard InChI is InChI=1S/C21H14F2N4/c1-13-24-16-9-8-15(22)21(23)20(16)17(25-13)10-11-19-26-18(12-27(19)2)14-6-4-3-5-7-14/h3-9,12H,1-2H3. The normalized spacial score (nSPS) is 10.7. The molecule has 0 aliphatic carbocycles. The van der Waals surface area contributed by atoms with Crippen LogP contribution in [0.25, 0.3) is 22.2 Å². The van der Waals surface area contributed by atoms with Gasteiger partial charge in [0.2, 0.25) is 0 Å². The van der Waals surface area contributed by atoms with Gasteiger partial charge in [-0.2, -0.15) is 0 Å². The van der Waals surface area contributed by atoms with E-state index in [-0.39, 0.29) is 11.1 Å². The van der Waals surface area contributed by atoms with Gasteiger partial charge in [-0.05, 0) is 30.9 Å². The summed E-state index contributed by atoms with van der Waals surface area (Å²) in [5, 5.41) is -0.0226. The van der Waals surface area contributed by atoms with Crippen molar-refractivity contribution in [1.29, 1.82) is 0 Å². The number of aromatic nitrogens is 4. The maximum Gasteiger partial charge on any atom is 0.186 e. The van der Waals surface area contributed by atoms with Gasteiger partial charge in [0.15, 0.2) is 17.5 Å². The van der Waals surface area contributed by atoms with Crippen LogP contribution in [0.3, 0.4) is 0 Å². The fourth-order valence-electron chi connectivity index (χ4n) is 2.81. The van der Waals surface area contributed by atoms with Crippen LogP contribution in [0.2, 0.25) is 0 Å². The molecule has 0 bridgehead atoms. The van der Waals surface area contributed by atoms with Crippen molar-refractivity contribution >= 4 is 10.9 Å². The summed E-state index contributed by atoms with van der Waals surface area (Å²) in [7, 11) is 1.83. The molecule has 4 rings (SSSR count). The molecule has 0 saturated heterocycles. The van der Waals surface area contributed by atoms with E-state index < -0.39 is 11.6 Å². The van der Waals surface area contributed by atoms with Crippen LogP contribution in [0.4, 0.5) is 8.78 Å². The van der Waals surface area contributed by atoms with E-state index in [0.29, 0.717) is 17.2 Å². The Morgan fingerprint density at radius 1 is 0.926 bits per heavy atom. The second-order valence-electron chi connectivity index (χ2n) is 6.05. The first kappa shape index (κ1) is 16.9. The Bertz CT molecular complexity index is 1220. The van der Waals surface area contributed by atoms with Crippen molar-refractivity contribution < 1.29 is 8.78 Å². The van der Waals surface area contributed by atoms with Crippen molar-refractivity contribution in [2.24, 2.45) is 7.05 Å². The Kier molecular flexibility index (Phi) is 4.13. The average Bonchev–Trinajstić information content (AvgIpc) is 3.04. The van der Waals surface area contributed by atoms with Crippen LogP contribution in [-0.2, 0) is 7.05 Å². The molecule has 4 aromatic rings. The predicted molar refractivity (Wildman–Crippen MR) is 98.8 cm³/mol. The van der Waals surface area contributed by atoms with Crippen molar-refractivity contribution in [3.05, 3.63) is 77.6 Å². The van der Waals surface area contributed by atoms with Crippen LogP contribution in [0.5, 0.6) is 0 Å². The van der Waals surface area contributed by atoms with Crippen LogP contribution in [0.15, 0.2) is 48.7 Å². The molecule has 6 heteroatoms. The molecule has 0 unspecified atom stereocenters. The quantitative estimate of drug-likeness (QED) is 0.482. The maximum atomic E-state index is 14.3. The third-order valence-electron chi connectivity index (χ3n) is 4.10. The summed E-state index contributed by atoms with van der Waals surface area (Å²) in [6.07, 6.45) is 1.86. The molecular weight excluding hydrogens is 346 g/mol. The van der Waals surface area contributed by atoms with Gasteiger partial charge in [0, 0.05) is 18.8 Å². The van der Waals surface area contributed by atoms with E-state index in [0.717, 1.165) is 17.3 Å². The first-order chi connectivity index (χ1) is 13.0. The fraction of sp³-hybridized carbons (Fsp3) is 0.0952. The van der Waals surface area contributed by atoms with Gasteiger partial charge in [-0.1, -0.05) is 30.3 Å². The molecule has 0 aliphatic rings. The van der Waals surface area contributed by atoms with E-state index in [1.54, 1.807) is 11.5 Å². The van der Waals surface area contributed by atoms with Crippen molar-refractivity contribution in [3.63, 3.8) is 0 Å². The van der Waals surface area contributed by atoms with E-state index in [4.69, 9.17) is 0 Å². The molecular formula is C21H14F2N4. The molecule has 0 fully saturated rings. The summed E-state index contributed by atoms with van der Waals surface area (Å²) in [6, 6.07) is 12.2. The van der Waals surface area contributed by atoms with Crippen molar-refractivity contribution in [1.82, 2.24) is 19.5 Å². The van der Waals surface area contributed by atoms with Crippen LogP contribution in [-0.4, -0.2) is 19.5 Å². The second kappa shape index (κ2) is 6.61. The predicted octanol–water partition coefficient (Wildman–Crippen LogP) is 4.02. The monoisotopic (exact) mass is 360 g/mol. The van der Waals surface area contributed by atoms with Gasteiger partial charge >= 0.3 is 0 Å². The highest BCUT2D eigenvalue weighted by Crippen LogP contribution is 2.22. The lowest BCUT2D eigenvalue weighted by Crippen LogP contribution is -1.99. The third kappa shape index (κ3) is 3.15. The summed E-state index contributed by atoms with van der Waals surface area (Å²) >= 11 is 0. The number of rotatable bonds is 1. The number of aryl methyl sites for hydroxylation is 2. The molecule has 27 heavy (non-hydrogen) atoms. The van der Waals surface area contributed by atoms with Crippen LogP contribution in [0.1, 0.15) is 17.3 Å². The van der Waals surface area contributed by atoms with Crippen LogP contribution in [0, 0.1) is 30.4 Å². The Hall–Kier alpha value is -3.59. The molecule has 4 nitrogen and oxygen atoms in total. The van der Waals surface area contributed by atoms with Gasteiger partial charge in [-0.3, -0.25) is 0 Å². The molecule has 2 heterocycles.